The smallest absolute Gasteiger partial charge is 0.293 e. The Bertz CT molecular complexity index is 538. The molecule has 0 radical (unpaired) electrons. The molecule has 1 N–H and O–H groups in total. The van der Waals surface area contributed by atoms with Gasteiger partial charge in [-0.3, -0.25) is 9.63 Å². The number of carbonyl (C=O) groups excluding carboxylic acids is 1. The average Bonchev–Trinajstić information content (AvgIpc) is 2.69. The highest BCUT2D eigenvalue weighted by Crippen LogP contribution is 2.16. The normalized spacial score (nSPS) is 10.7. The van der Waals surface area contributed by atoms with Gasteiger partial charge in [-0.25, -0.2) is 10.0 Å². The lowest BCUT2D eigenvalue weighted by Gasteiger charge is -2.11. The second-order valence-electron chi connectivity index (χ2n) is 3.23. The summed E-state index contributed by atoms with van der Waals surface area (Å²) < 4.78 is 0. The van der Waals surface area contributed by atoms with Gasteiger partial charge in [0.25, 0.3) is 5.91 Å². The fourth-order valence-electron chi connectivity index (χ4n) is 1.35. The largest absolute Gasteiger partial charge is 0.349 e. The van der Waals surface area contributed by atoms with Crippen LogP contribution in [-0.4, -0.2) is 35.1 Å². The van der Waals surface area contributed by atoms with Crippen LogP contribution in [0.2, 0.25) is 5.15 Å². The molecule has 6 heteroatoms. The molecule has 0 bridgehead atoms. The minimum absolute atomic E-state index is 0.267. The van der Waals surface area contributed by atoms with Crippen molar-refractivity contribution < 1.29 is 9.63 Å². The molecular weight excluding hydrogens is 230 g/mol. The molecule has 0 aliphatic heterocycles. The lowest BCUT2D eigenvalue weighted by molar-refractivity contribution is -0.0759. The number of hydroxylamine groups is 2. The summed E-state index contributed by atoms with van der Waals surface area (Å²) in [6.45, 7) is 0. The highest BCUT2D eigenvalue weighted by molar-refractivity contribution is 6.29. The Labute approximate surface area is 96.9 Å². The first-order valence-electron chi connectivity index (χ1n) is 4.59. The SMILES string of the molecule is CON(C)C(=O)c1cc2nc(Cl)ccc2[nH]1. The van der Waals surface area contributed by atoms with E-state index < -0.39 is 0 Å². The van der Waals surface area contributed by atoms with E-state index in [2.05, 4.69) is 9.97 Å². The van der Waals surface area contributed by atoms with Gasteiger partial charge in [0, 0.05) is 7.05 Å². The summed E-state index contributed by atoms with van der Waals surface area (Å²) in [5, 5.41) is 1.53. The molecule has 0 saturated heterocycles. The van der Waals surface area contributed by atoms with Crippen LogP contribution in [-0.2, 0) is 4.84 Å². The van der Waals surface area contributed by atoms with Crippen LogP contribution < -0.4 is 0 Å². The first kappa shape index (κ1) is 10.9. The van der Waals surface area contributed by atoms with Crippen LogP contribution in [0.3, 0.4) is 0 Å². The second kappa shape index (κ2) is 4.11. The molecule has 0 atom stereocenters. The van der Waals surface area contributed by atoms with E-state index in [9.17, 15) is 4.79 Å². The van der Waals surface area contributed by atoms with Gasteiger partial charge >= 0.3 is 0 Å². The van der Waals surface area contributed by atoms with Gasteiger partial charge in [-0.15, -0.1) is 0 Å². The van der Waals surface area contributed by atoms with Gasteiger partial charge in [0.1, 0.15) is 10.8 Å². The standard InChI is InChI=1S/C10H10ClN3O2/c1-14(16-2)10(15)8-5-7-6(12-8)3-4-9(11)13-7/h3-5,12H,1-2H3. The molecule has 1 amide bonds. The number of fused-ring (bicyclic) bond motifs is 1. The van der Waals surface area contributed by atoms with E-state index in [1.807, 2.05) is 0 Å². The maximum Gasteiger partial charge on any atom is 0.293 e. The minimum Gasteiger partial charge on any atom is -0.349 e. The minimum atomic E-state index is -0.267. The average molecular weight is 240 g/mol. The molecule has 84 valence electrons. The molecule has 0 aliphatic rings. The Hall–Kier alpha value is -1.59. The summed E-state index contributed by atoms with van der Waals surface area (Å²) >= 11 is 5.75. The van der Waals surface area contributed by atoms with E-state index in [0.717, 1.165) is 10.6 Å². The summed E-state index contributed by atoms with van der Waals surface area (Å²) in [7, 11) is 2.96. The van der Waals surface area contributed by atoms with E-state index in [1.165, 1.54) is 14.2 Å². The molecule has 5 nitrogen and oxygen atoms in total. The molecule has 0 fully saturated rings. The first-order chi connectivity index (χ1) is 7.61. The van der Waals surface area contributed by atoms with E-state index in [1.54, 1.807) is 18.2 Å². The van der Waals surface area contributed by atoms with Gasteiger partial charge in [-0.05, 0) is 18.2 Å². The van der Waals surface area contributed by atoms with Gasteiger partial charge in [0.2, 0.25) is 0 Å². The van der Waals surface area contributed by atoms with Crippen LogP contribution in [0.1, 0.15) is 10.5 Å². The first-order valence-corrected chi connectivity index (χ1v) is 4.97. The number of nitrogens with zero attached hydrogens (tertiary/aromatic N) is 2. The Kier molecular flexibility index (Phi) is 2.80. The summed E-state index contributed by atoms with van der Waals surface area (Å²) in [4.78, 5) is 23.6. The Morgan fingerprint density at radius 1 is 1.56 bits per heavy atom. The molecule has 2 rings (SSSR count). The summed E-state index contributed by atoms with van der Waals surface area (Å²) in [6.07, 6.45) is 0. The van der Waals surface area contributed by atoms with Crippen molar-refractivity contribution in [3.63, 3.8) is 0 Å². The topological polar surface area (TPSA) is 58.2 Å². The van der Waals surface area contributed by atoms with Crippen molar-refractivity contribution in [2.24, 2.45) is 0 Å². The van der Waals surface area contributed by atoms with Crippen LogP contribution in [0.5, 0.6) is 0 Å². The van der Waals surface area contributed by atoms with Crippen LogP contribution in [0.4, 0.5) is 0 Å². The number of amides is 1. The lowest BCUT2D eigenvalue weighted by atomic mass is 10.3. The number of hydrogen-bond donors (Lipinski definition) is 1. The zero-order valence-corrected chi connectivity index (χ0v) is 9.58. The number of pyridine rings is 1. The molecule has 2 aromatic rings. The van der Waals surface area contributed by atoms with Crippen LogP contribution in [0.25, 0.3) is 11.0 Å². The Morgan fingerprint density at radius 2 is 2.31 bits per heavy atom. The third-order valence-corrected chi connectivity index (χ3v) is 2.44. The maximum absolute atomic E-state index is 11.7. The van der Waals surface area contributed by atoms with Gasteiger partial charge in [0.05, 0.1) is 18.1 Å². The third kappa shape index (κ3) is 1.87. The van der Waals surface area contributed by atoms with E-state index in [4.69, 9.17) is 16.4 Å². The van der Waals surface area contributed by atoms with Crippen molar-refractivity contribution in [2.45, 2.75) is 0 Å². The molecule has 0 spiro atoms. The summed E-state index contributed by atoms with van der Waals surface area (Å²) in [5.41, 5.74) is 1.83. The van der Waals surface area contributed by atoms with Crippen molar-refractivity contribution >= 4 is 28.5 Å². The van der Waals surface area contributed by atoms with Gasteiger partial charge < -0.3 is 4.98 Å². The fraction of sp³-hybridized carbons (Fsp3) is 0.200. The zero-order valence-electron chi connectivity index (χ0n) is 8.82. The highest BCUT2D eigenvalue weighted by Gasteiger charge is 2.14. The Morgan fingerprint density at radius 3 is 3.00 bits per heavy atom. The van der Waals surface area contributed by atoms with Crippen molar-refractivity contribution in [3.05, 3.63) is 29.0 Å². The van der Waals surface area contributed by atoms with Crippen molar-refractivity contribution in [2.75, 3.05) is 14.2 Å². The summed E-state index contributed by atoms with van der Waals surface area (Å²) in [6, 6.07) is 5.07. The number of aromatic amines is 1. The molecule has 0 unspecified atom stereocenters. The number of hydrogen-bond acceptors (Lipinski definition) is 3. The molecular formula is C10H10ClN3O2. The highest BCUT2D eigenvalue weighted by atomic mass is 35.5. The van der Waals surface area contributed by atoms with Gasteiger partial charge in [-0.2, -0.15) is 0 Å². The fourth-order valence-corrected chi connectivity index (χ4v) is 1.51. The van der Waals surface area contributed by atoms with Gasteiger partial charge in [-0.1, -0.05) is 11.6 Å². The molecule has 16 heavy (non-hydrogen) atoms. The predicted octanol–water partition coefficient (Wildman–Crippen LogP) is 1.85. The maximum atomic E-state index is 11.7. The number of aromatic nitrogens is 2. The summed E-state index contributed by atoms with van der Waals surface area (Å²) in [5.74, 6) is -0.267. The van der Waals surface area contributed by atoms with Crippen molar-refractivity contribution in [1.29, 1.82) is 0 Å². The number of nitrogens with one attached hydrogen (secondary N) is 1. The van der Waals surface area contributed by atoms with E-state index >= 15 is 0 Å². The van der Waals surface area contributed by atoms with Crippen LogP contribution in [0, 0.1) is 0 Å². The quantitative estimate of drug-likeness (QED) is 0.643. The lowest BCUT2D eigenvalue weighted by Crippen LogP contribution is -2.25. The van der Waals surface area contributed by atoms with E-state index in [-0.39, 0.29) is 5.91 Å². The van der Waals surface area contributed by atoms with E-state index in [0.29, 0.717) is 16.4 Å². The molecule has 2 aromatic heterocycles. The second-order valence-corrected chi connectivity index (χ2v) is 3.62. The zero-order chi connectivity index (χ0) is 11.7. The molecule has 0 aromatic carbocycles. The van der Waals surface area contributed by atoms with Gasteiger partial charge in [0.15, 0.2) is 0 Å². The Balaban J connectivity index is 2.43. The number of halogens is 1. The van der Waals surface area contributed by atoms with Crippen LogP contribution >= 0.6 is 11.6 Å². The third-order valence-electron chi connectivity index (χ3n) is 2.23. The number of carbonyl (C=O) groups is 1. The van der Waals surface area contributed by atoms with Crippen LogP contribution in [0.15, 0.2) is 18.2 Å². The molecule has 0 aliphatic carbocycles. The van der Waals surface area contributed by atoms with Crippen molar-refractivity contribution in [3.8, 4) is 0 Å². The van der Waals surface area contributed by atoms with Crippen molar-refractivity contribution in [1.82, 2.24) is 15.0 Å². The molecule has 2 heterocycles. The monoisotopic (exact) mass is 239 g/mol. The number of rotatable bonds is 2. The molecule has 0 saturated carbocycles. The number of H-pyrrole nitrogens is 1. The predicted molar refractivity (Wildman–Crippen MR) is 60.2 cm³/mol.